The van der Waals surface area contributed by atoms with Crippen LogP contribution < -0.4 is 5.73 Å². The van der Waals surface area contributed by atoms with Gasteiger partial charge in [0.2, 0.25) is 0 Å². The summed E-state index contributed by atoms with van der Waals surface area (Å²) in [4.78, 5) is 19.6. The van der Waals surface area contributed by atoms with Gasteiger partial charge in [0.05, 0.1) is 0 Å². The molecule has 4 nitrogen and oxygen atoms in total. The van der Waals surface area contributed by atoms with Crippen molar-refractivity contribution in [3.63, 3.8) is 0 Å². The van der Waals surface area contributed by atoms with Crippen molar-refractivity contribution in [2.75, 3.05) is 6.54 Å². The highest BCUT2D eigenvalue weighted by molar-refractivity contribution is 5.76. The van der Waals surface area contributed by atoms with Crippen LogP contribution in [0.5, 0.6) is 0 Å². The third-order valence-electron chi connectivity index (χ3n) is 0.947. The van der Waals surface area contributed by atoms with E-state index in [2.05, 4.69) is 5.18 Å². The smallest absolute Gasteiger partial charge is 0.286 e. The summed E-state index contributed by atoms with van der Waals surface area (Å²) in [5.41, 5.74) is 5.14. The van der Waals surface area contributed by atoms with E-state index in [-0.39, 0.29) is 6.42 Å². The van der Waals surface area contributed by atoms with E-state index in [0.717, 1.165) is 6.42 Å². The first-order valence-corrected chi connectivity index (χ1v) is 2.87. The maximum atomic E-state index is 10.2. The van der Waals surface area contributed by atoms with E-state index in [1.165, 1.54) is 0 Å². The van der Waals surface area contributed by atoms with Crippen LogP contribution in [0.2, 0.25) is 0 Å². The van der Waals surface area contributed by atoms with Gasteiger partial charge < -0.3 is 5.73 Å². The summed E-state index contributed by atoms with van der Waals surface area (Å²) in [5.74, 6) is -0.580. The summed E-state index contributed by atoms with van der Waals surface area (Å²) >= 11 is 0. The van der Waals surface area contributed by atoms with Crippen LogP contribution in [0.4, 0.5) is 0 Å². The maximum absolute atomic E-state index is 10.2. The van der Waals surface area contributed by atoms with E-state index in [9.17, 15) is 9.70 Å². The number of unbranched alkanes of at least 4 members (excludes halogenated alkanes) is 1. The van der Waals surface area contributed by atoms with E-state index >= 15 is 0 Å². The molecule has 0 bridgehead atoms. The second-order valence-electron chi connectivity index (χ2n) is 1.73. The monoisotopic (exact) mass is 130 g/mol. The zero-order valence-electron chi connectivity index (χ0n) is 5.17. The Hall–Kier alpha value is -0.770. The molecule has 0 radical (unpaired) electrons. The van der Waals surface area contributed by atoms with Gasteiger partial charge in [-0.15, -0.1) is 4.91 Å². The molecule has 0 saturated heterocycles. The Balaban J connectivity index is 3.07. The Morgan fingerprint density at radius 2 is 2.11 bits per heavy atom. The second kappa shape index (κ2) is 5.37. The van der Waals surface area contributed by atoms with Crippen LogP contribution in [0.1, 0.15) is 19.3 Å². The van der Waals surface area contributed by atoms with E-state index in [4.69, 9.17) is 5.73 Å². The summed E-state index contributed by atoms with van der Waals surface area (Å²) < 4.78 is 0. The number of carbonyl (C=O) groups excluding carboxylic acids is 1. The number of rotatable bonds is 4. The number of carbonyl (C=O) groups is 1. The molecule has 0 aliphatic rings. The van der Waals surface area contributed by atoms with Gasteiger partial charge in [0.1, 0.15) is 0 Å². The Morgan fingerprint density at radius 3 is 2.56 bits per heavy atom. The van der Waals surface area contributed by atoms with Gasteiger partial charge in [-0.05, 0) is 19.4 Å². The second-order valence-corrected chi connectivity index (χ2v) is 1.73. The first-order chi connectivity index (χ1) is 4.31. The van der Waals surface area contributed by atoms with E-state index < -0.39 is 5.91 Å². The molecule has 0 spiro atoms. The molecule has 2 N–H and O–H groups in total. The van der Waals surface area contributed by atoms with Crippen molar-refractivity contribution in [3.05, 3.63) is 4.91 Å². The maximum Gasteiger partial charge on any atom is 0.286 e. The fourth-order valence-corrected chi connectivity index (χ4v) is 0.466. The van der Waals surface area contributed by atoms with Crippen molar-refractivity contribution in [3.8, 4) is 0 Å². The molecule has 0 atom stereocenters. The highest BCUT2D eigenvalue weighted by Gasteiger charge is 1.97. The quantitative estimate of drug-likeness (QED) is 0.442. The molecule has 0 aromatic carbocycles. The van der Waals surface area contributed by atoms with Crippen LogP contribution in [0.15, 0.2) is 5.18 Å². The summed E-state index contributed by atoms with van der Waals surface area (Å²) in [6.07, 6.45) is 1.68. The third kappa shape index (κ3) is 5.10. The van der Waals surface area contributed by atoms with Crippen LogP contribution >= 0.6 is 0 Å². The van der Waals surface area contributed by atoms with Crippen molar-refractivity contribution in [2.45, 2.75) is 19.3 Å². The first-order valence-electron chi connectivity index (χ1n) is 2.87. The van der Waals surface area contributed by atoms with Gasteiger partial charge in [0.15, 0.2) is 0 Å². The number of hydrogen-bond acceptors (Lipinski definition) is 3. The molecule has 4 heteroatoms. The largest absolute Gasteiger partial charge is 0.330 e. The molecule has 0 saturated carbocycles. The van der Waals surface area contributed by atoms with Gasteiger partial charge in [0, 0.05) is 11.6 Å². The molecule has 0 aromatic heterocycles. The lowest BCUT2D eigenvalue weighted by Gasteiger charge is -1.89. The molecule has 0 unspecified atom stereocenters. The van der Waals surface area contributed by atoms with Crippen molar-refractivity contribution < 1.29 is 4.79 Å². The lowest BCUT2D eigenvalue weighted by molar-refractivity contribution is -0.118. The van der Waals surface area contributed by atoms with E-state index in [0.29, 0.717) is 13.0 Å². The lowest BCUT2D eigenvalue weighted by atomic mass is 10.2. The number of hydrogen-bond donors (Lipinski definition) is 1. The van der Waals surface area contributed by atoms with Crippen LogP contribution in [-0.2, 0) is 4.79 Å². The minimum Gasteiger partial charge on any atom is -0.330 e. The van der Waals surface area contributed by atoms with Gasteiger partial charge in [0.25, 0.3) is 5.91 Å². The first kappa shape index (κ1) is 8.23. The third-order valence-corrected chi connectivity index (χ3v) is 0.947. The number of nitrogens with two attached hydrogens (primary N) is 1. The number of amides is 1. The molecular weight excluding hydrogens is 120 g/mol. The van der Waals surface area contributed by atoms with Gasteiger partial charge in [-0.3, -0.25) is 4.79 Å². The topological polar surface area (TPSA) is 72.5 Å². The molecule has 0 rings (SSSR count). The van der Waals surface area contributed by atoms with Crippen LogP contribution in [0, 0.1) is 4.91 Å². The molecule has 0 aliphatic carbocycles. The highest BCUT2D eigenvalue weighted by Crippen LogP contribution is 1.94. The molecular formula is C5H10N2O2. The van der Waals surface area contributed by atoms with Crippen LogP contribution in [-0.4, -0.2) is 12.5 Å². The fourth-order valence-electron chi connectivity index (χ4n) is 0.466. The SMILES string of the molecule is NCCCCC(=O)N=O. The summed E-state index contributed by atoms with van der Waals surface area (Å²) in [5, 5.41) is 2.23. The van der Waals surface area contributed by atoms with E-state index in [1.807, 2.05) is 0 Å². The minimum atomic E-state index is -0.580. The molecule has 52 valence electrons. The molecule has 0 aromatic rings. The van der Waals surface area contributed by atoms with Crippen molar-refractivity contribution >= 4 is 5.91 Å². The molecule has 9 heavy (non-hydrogen) atoms. The Bertz CT molecular complexity index is 103. The average Bonchev–Trinajstić information content (AvgIpc) is 1.89. The summed E-state index contributed by atoms with van der Waals surface area (Å²) in [6.45, 7) is 0.562. The Morgan fingerprint density at radius 1 is 1.44 bits per heavy atom. The fraction of sp³-hybridized carbons (Fsp3) is 0.800. The standard InChI is InChI=1S/C5H10N2O2/c6-4-2-1-3-5(8)7-9/h1-4,6H2. The zero-order valence-corrected chi connectivity index (χ0v) is 5.17. The van der Waals surface area contributed by atoms with Gasteiger partial charge >= 0.3 is 0 Å². The molecule has 0 heterocycles. The van der Waals surface area contributed by atoms with Crippen molar-refractivity contribution in [2.24, 2.45) is 10.9 Å². The molecule has 1 amide bonds. The van der Waals surface area contributed by atoms with Crippen molar-refractivity contribution in [1.82, 2.24) is 0 Å². The molecule has 0 fully saturated rings. The summed E-state index contributed by atoms with van der Waals surface area (Å²) in [7, 11) is 0. The van der Waals surface area contributed by atoms with Gasteiger partial charge in [-0.1, -0.05) is 0 Å². The van der Waals surface area contributed by atoms with Crippen LogP contribution in [0.3, 0.4) is 0 Å². The normalized spacial score (nSPS) is 9.00. The Labute approximate surface area is 53.4 Å². The summed E-state index contributed by atoms with van der Waals surface area (Å²) in [6, 6.07) is 0. The van der Waals surface area contributed by atoms with Crippen molar-refractivity contribution in [1.29, 1.82) is 0 Å². The highest BCUT2D eigenvalue weighted by atomic mass is 16.3. The predicted molar refractivity (Wildman–Crippen MR) is 33.7 cm³/mol. The Kier molecular flexibility index (Phi) is 4.91. The van der Waals surface area contributed by atoms with Gasteiger partial charge in [-0.2, -0.15) is 0 Å². The number of nitroso groups, excluding NO2 is 1. The average molecular weight is 130 g/mol. The number of nitrogens with zero attached hydrogens (tertiary/aromatic N) is 1. The zero-order chi connectivity index (χ0) is 7.11. The predicted octanol–water partition coefficient (Wildman–Crippen LogP) is 0.408. The van der Waals surface area contributed by atoms with E-state index in [1.54, 1.807) is 0 Å². The van der Waals surface area contributed by atoms with Gasteiger partial charge in [-0.25, -0.2) is 0 Å². The van der Waals surface area contributed by atoms with Crippen LogP contribution in [0.25, 0.3) is 0 Å². The minimum absolute atomic E-state index is 0.237. The molecule has 0 aliphatic heterocycles. The lowest BCUT2D eigenvalue weighted by Crippen LogP contribution is -1.99.